The molecule has 1 aliphatic rings. The van der Waals surface area contributed by atoms with E-state index in [2.05, 4.69) is 5.32 Å². The van der Waals surface area contributed by atoms with E-state index in [1.807, 2.05) is 18.2 Å². The van der Waals surface area contributed by atoms with Gasteiger partial charge < -0.3 is 20.1 Å². The van der Waals surface area contributed by atoms with Crippen molar-refractivity contribution in [1.82, 2.24) is 4.90 Å². The molecule has 3 rings (SSSR count). The summed E-state index contributed by atoms with van der Waals surface area (Å²) >= 11 is 0. The topological polar surface area (TPSA) is 95.9 Å². The Hall–Kier alpha value is -3.35. The number of piperidine rings is 1. The third-order valence-electron chi connectivity index (χ3n) is 4.70. The van der Waals surface area contributed by atoms with Crippen LogP contribution in [0.5, 0.6) is 5.75 Å². The highest BCUT2D eigenvalue weighted by molar-refractivity contribution is 5.95. The zero-order chi connectivity index (χ0) is 19.9. The molecule has 7 heteroatoms. The van der Waals surface area contributed by atoms with Gasteiger partial charge in [0.1, 0.15) is 5.75 Å². The second-order valence-electron chi connectivity index (χ2n) is 6.63. The van der Waals surface area contributed by atoms with E-state index in [4.69, 9.17) is 9.84 Å². The van der Waals surface area contributed by atoms with Crippen LogP contribution in [-0.2, 0) is 9.59 Å². The molecule has 0 aromatic heterocycles. The number of carboxylic acids is 1. The highest BCUT2D eigenvalue weighted by Crippen LogP contribution is 2.20. The van der Waals surface area contributed by atoms with Crippen LogP contribution in [0.4, 0.5) is 5.69 Å². The third-order valence-corrected chi connectivity index (χ3v) is 4.70. The summed E-state index contributed by atoms with van der Waals surface area (Å²) in [5, 5.41) is 11.8. The Labute approximate surface area is 162 Å². The molecule has 0 aliphatic carbocycles. The molecule has 0 unspecified atom stereocenters. The average Bonchev–Trinajstić information content (AvgIpc) is 2.73. The van der Waals surface area contributed by atoms with Gasteiger partial charge in [-0.1, -0.05) is 24.3 Å². The van der Waals surface area contributed by atoms with Crippen molar-refractivity contribution in [3.8, 4) is 5.75 Å². The molecule has 0 bridgehead atoms. The van der Waals surface area contributed by atoms with Crippen molar-refractivity contribution in [2.75, 3.05) is 25.0 Å². The Morgan fingerprint density at radius 3 is 2.43 bits per heavy atom. The van der Waals surface area contributed by atoms with Gasteiger partial charge in [0.15, 0.2) is 6.61 Å². The van der Waals surface area contributed by atoms with E-state index in [1.54, 1.807) is 29.2 Å². The van der Waals surface area contributed by atoms with E-state index in [1.165, 1.54) is 12.1 Å². The molecule has 2 N–H and O–H groups in total. The number of benzene rings is 2. The molecule has 2 amide bonds. The maximum Gasteiger partial charge on any atom is 0.335 e. The van der Waals surface area contributed by atoms with Crippen LogP contribution in [0.2, 0.25) is 0 Å². The first-order chi connectivity index (χ1) is 13.5. The first-order valence-corrected chi connectivity index (χ1v) is 9.13. The van der Waals surface area contributed by atoms with Crippen molar-refractivity contribution < 1.29 is 24.2 Å². The molecule has 7 nitrogen and oxygen atoms in total. The lowest BCUT2D eigenvalue weighted by atomic mass is 9.95. The quantitative estimate of drug-likeness (QED) is 0.801. The second kappa shape index (κ2) is 9.03. The van der Waals surface area contributed by atoms with Gasteiger partial charge in [-0.15, -0.1) is 0 Å². The van der Waals surface area contributed by atoms with E-state index in [9.17, 15) is 14.4 Å². The summed E-state index contributed by atoms with van der Waals surface area (Å²) in [5.41, 5.74) is 0.580. The van der Waals surface area contributed by atoms with Crippen LogP contribution >= 0.6 is 0 Å². The van der Waals surface area contributed by atoms with E-state index in [0.717, 1.165) is 0 Å². The summed E-state index contributed by atoms with van der Waals surface area (Å²) in [6, 6.07) is 15.3. The van der Waals surface area contributed by atoms with Crippen LogP contribution in [0.15, 0.2) is 54.6 Å². The average molecular weight is 382 g/mol. The van der Waals surface area contributed by atoms with Crippen LogP contribution in [0, 0.1) is 5.92 Å². The van der Waals surface area contributed by atoms with Crippen LogP contribution in [0.3, 0.4) is 0 Å². The number of likely N-dealkylation sites (tertiary alicyclic amines) is 1. The summed E-state index contributed by atoms with van der Waals surface area (Å²) in [5.74, 6) is -0.867. The number of carboxylic acid groups (broad SMARTS) is 1. The summed E-state index contributed by atoms with van der Waals surface area (Å²) in [4.78, 5) is 37.5. The number of carbonyl (C=O) groups excluding carboxylic acids is 2. The molecule has 2 aromatic carbocycles. The Balaban J connectivity index is 1.46. The predicted octanol–water partition coefficient (Wildman–Crippen LogP) is 2.64. The molecule has 2 aromatic rings. The minimum absolute atomic E-state index is 0.0249. The molecule has 0 atom stereocenters. The minimum Gasteiger partial charge on any atom is -0.484 e. The van der Waals surface area contributed by atoms with E-state index < -0.39 is 5.97 Å². The molecule has 28 heavy (non-hydrogen) atoms. The normalized spacial score (nSPS) is 14.4. The molecule has 0 spiro atoms. The number of hydrogen-bond acceptors (Lipinski definition) is 4. The first-order valence-electron chi connectivity index (χ1n) is 9.13. The molecule has 1 saturated heterocycles. The van der Waals surface area contributed by atoms with Gasteiger partial charge in [-0.2, -0.15) is 0 Å². The minimum atomic E-state index is -1.04. The standard InChI is InChI=1S/C21H22N2O5/c24-19(14-28-18-7-2-1-3-8-18)23-11-9-15(10-12-23)20(25)22-17-6-4-5-16(13-17)21(26)27/h1-8,13,15H,9-12,14H2,(H,22,25)(H,26,27). The van der Waals surface area contributed by atoms with Crippen molar-refractivity contribution in [2.24, 2.45) is 5.92 Å². The molecule has 146 valence electrons. The van der Waals surface area contributed by atoms with Crippen LogP contribution in [0.25, 0.3) is 0 Å². The van der Waals surface area contributed by atoms with Gasteiger partial charge in [0.2, 0.25) is 5.91 Å². The lowest BCUT2D eigenvalue weighted by molar-refractivity contribution is -0.136. The highest BCUT2D eigenvalue weighted by Gasteiger charge is 2.27. The van der Waals surface area contributed by atoms with Crippen molar-refractivity contribution in [3.05, 3.63) is 60.2 Å². The Bertz CT molecular complexity index is 845. The van der Waals surface area contributed by atoms with Crippen LogP contribution in [0.1, 0.15) is 23.2 Å². The fourth-order valence-electron chi connectivity index (χ4n) is 3.12. The van der Waals surface area contributed by atoms with Crippen molar-refractivity contribution >= 4 is 23.5 Å². The first kappa shape index (κ1) is 19.4. The SMILES string of the molecule is O=C(O)c1cccc(NC(=O)C2CCN(C(=O)COc3ccccc3)CC2)c1. The summed E-state index contributed by atoms with van der Waals surface area (Å²) < 4.78 is 5.49. The van der Waals surface area contributed by atoms with Crippen LogP contribution in [-0.4, -0.2) is 47.5 Å². The van der Waals surface area contributed by atoms with Gasteiger partial charge in [-0.25, -0.2) is 4.79 Å². The monoisotopic (exact) mass is 382 g/mol. The zero-order valence-electron chi connectivity index (χ0n) is 15.3. The molecule has 0 radical (unpaired) electrons. The predicted molar refractivity (Wildman–Crippen MR) is 103 cm³/mol. The Morgan fingerprint density at radius 1 is 1.04 bits per heavy atom. The fraction of sp³-hybridized carbons (Fsp3) is 0.286. The number of hydrogen-bond donors (Lipinski definition) is 2. The maximum atomic E-state index is 12.4. The summed E-state index contributed by atoms with van der Waals surface area (Å²) in [7, 11) is 0. The number of nitrogens with zero attached hydrogens (tertiary/aromatic N) is 1. The van der Waals surface area contributed by atoms with E-state index in [-0.39, 0.29) is 29.9 Å². The lowest BCUT2D eigenvalue weighted by Crippen LogP contribution is -2.43. The van der Waals surface area contributed by atoms with Crippen LogP contribution < -0.4 is 10.1 Å². The van der Waals surface area contributed by atoms with Crippen molar-refractivity contribution in [1.29, 1.82) is 0 Å². The number of aromatic carboxylic acids is 1. The van der Waals surface area contributed by atoms with Gasteiger partial charge in [0.05, 0.1) is 5.56 Å². The number of amides is 2. The number of rotatable bonds is 6. The van der Waals surface area contributed by atoms with E-state index >= 15 is 0 Å². The maximum absolute atomic E-state index is 12.4. The van der Waals surface area contributed by atoms with Crippen molar-refractivity contribution in [2.45, 2.75) is 12.8 Å². The Kier molecular flexibility index (Phi) is 6.26. The molecule has 1 aliphatic heterocycles. The zero-order valence-corrected chi connectivity index (χ0v) is 15.3. The molecule has 1 heterocycles. The lowest BCUT2D eigenvalue weighted by Gasteiger charge is -2.31. The van der Waals surface area contributed by atoms with Gasteiger partial charge >= 0.3 is 5.97 Å². The smallest absolute Gasteiger partial charge is 0.335 e. The summed E-state index contributed by atoms with van der Waals surface area (Å²) in [6.07, 6.45) is 1.11. The summed E-state index contributed by atoms with van der Waals surface area (Å²) in [6.45, 7) is 0.956. The molecule has 0 saturated carbocycles. The molecule has 1 fully saturated rings. The number of carbonyl (C=O) groups is 3. The number of ether oxygens (including phenoxy) is 1. The number of anilines is 1. The second-order valence-corrected chi connectivity index (χ2v) is 6.63. The number of para-hydroxylation sites is 1. The highest BCUT2D eigenvalue weighted by atomic mass is 16.5. The number of nitrogens with one attached hydrogen (secondary N) is 1. The largest absolute Gasteiger partial charge is 0.484 e. The van der Waals surface area contributed by atoms with Gasteiger partial charge in [-0.05, 0) is 43.2 Å². The molecular formula is C21H22N2O5. The molecular weight excluding hydrogens is 360 g/mol. The van der Waals surface area contributed by atoms with Crippen molar-refractivity contribution in [3.63, 3.8) is 0 Å². The van der Waals surface area contributed by atoms with Gasteiger partial charge in [-0.3, -0.25) is 9.59 Å². The van der Waals surface area contributed by atoms with Gasteiger partial charge in [0, 0.05) is 24.7 Å². The fourth-order valence-corrected chi connectivity index (χ4v) is 3.12. The van der Waals surface area contributed by atoms with E-state index in [0.29, 0.717) is 37.4 Å². The van der Waals surface area contributed by atoms with Gasteiger partial charge in [0.25, 0.3) is 5.91 Å². The Morgan fingerprint density at radius 2 is 1.75 bits per heavy atom. The third kappa shape index (κ3) is 5.09.